The molecular weight excluding hydrogens is 529 g/mol. The van der Waals surface area contributed by atoms with E-state index in [2.05, 4.69) is 40.1 Å². The quantitative estimate of drug-likeness (QED) is 0.346. The lowest BCUT2D eigenvalue weighted by Crippen LogP contribution is -2.51. The Hall–Kier alpha value is -2.91. The summed E-state index contributed by atoms with van der Waals surface area (Å²) in [5.41, 5.74) is 1.13. The van der Waals surface area contributed by atoms with E-state index in [-0.39, 0.29) is 12.2 Å². The Morgan fingerprint density at radius 2 is 1.29 bits per heavy atom. The maximum absolute atomic E-state index is 12.6. The highest BCUT2D eigenvalue weighted by Gasteiger charge is 2.47. The molecule has 3 aliphatic heterocycles. The Balaban J connectivity index is 0.000000189. The van der Waals surface area contributed by atoms with E-state index in [0.717, 1.165) is 51.3 Å². The average Bonchev–Trinajstić information content (AvgIpc) is 3.71. The number of ether oxygens (including phenoxy) is 2. The first-order valence-corrected chi connectivity index (χ1v) is 14.4. The zero-order valence-electron chi connectivity index (χ0n) is 23.4. The molecule has 1 spiro atoms. The lowest BCUT2D eigenvalue weighted by molar-refractivity contribution is -0.137. The molecule has 0 aromatic heterocycles. The summed E-state index contributed by atoms with van der Waals surface area (Å²) < 4.78 is 48.9. The van der Waals surface area contributed by atoms with Crippen LogP contribution >= 0.6 is 0 Å². The van der Waals surface area contributed by atoms with Crippen molar-refractivity contribution >= 4 is 0 Å². The number of halogens is 3. The Bertz CT molecular complexity index is 1220. The number of benzene rings is 3. The minimum Gasteiger partial charge on any atom is -0.491 e. The fraction of sp³-hybridized carbons (Fsp3) is 0.455. The molecule has 0 amide bonds. The van der Waals surface area contributed by atoms with E-state index < -0.39 is 17.3 Å². The van der Waals surface area contributed by atoms with Crippen LogP contribution in [0.15, 0.2) is 84.9 Å². The maximum atomic E-state index is 12.6. The molecule has 5 nitrogen and oxygen atoms in total. The summed E-state index contributed by atoms with van der Waals surface area (Å²) in [4.78, 5) is 4.70. The van der Waals surface area contributed by atoms with E-state index in [0.29, 0.717) is 18.7 Å². The Labute approximate surface area is 240 Å². The fourth-order valence-electron chi connectivity index (χ4n) is 5.76. The molecule has 2 unspecified atom stereocenters. The van der Waals surface area contributed by atoms with Crippen molar-refractivity contribution in [3.05, 3.63) is 102 Å². The molecule has 3 saturated heterocycles. The van der Waals surface area contributed by atoms with Gasteiger partial charge >= 0.3 is 6.18 Å². The van der Waals surface area contributed by atoms with Crippen LogP contribution in [-0.4, -0.2) is 65.5 Å². The molecule has 3 aliphatic rings. The number of likely N-dealkylation sites (tertiary alicyclic amines) is 2. The maximum Gasteiger partial charge on any atom is 0.416 e. The topological polar surface area (TPSA) is 48.5 Å². The molecule has 3 aromatic carbocycles. The molecule has 220 valence electrons. The molecule has 2 atom stereocenters. The zero-order valence-corrected chi connectivity index (χ0v) is 23.4. The average molecular weight is 569 g/mol. The van der Waals surface area contributed by atoms with Gasteiger partial charge in [-0.15, -0.1) is 0 Å². The van der Waals surface area contributed by atoms with E-state index in [1.165, 1.54) is 42.6 Å². The molecule has 3 heterocycles. The molecule has 41 heavy (non-hydrogen) atoms. The molecule has 0 aliphatic carbocycles. The molecule has 1 N–H and O–H groups in total. The van der Waals surface area contributed by atoms with Gasteiger partial charge in [-0.25, -0.2) is 0 Å². The third-order valence-electron chi connectivity index (χ3n) is 7.99. The van der Waals surface area contributed by atoms with Gasteiger partial charge in [-0.3, -0.25) is 9.80 Å². The number of hydrogen-bond acceptors (Lipinski definition) is 5. The molecule has 0 saturated carbocycles. The predicted molar refractivity (Wildman–Crippen MR) is 152 cm³/mol. The number of β-amino-alcohol motifs (C(OH)–C–C–N with tert-alkyl or cyclic N) is 1. The smallest absolute Gasteiger partial charge is 0.416 e. The van der Waals surface area contributed by atoms with E-state index in [1.807, 2.05) is 30.3 Å². The third-order valence-corrected chi connectivity index (χ3v) is 7.99. The second-order valence-corrected chi connectivity index (χ2v) is 11.6. The first kappa shape index (κ1) is 29.6. The van der Waals surface area contributed by atoms with Crippen LogP contribution in [0.4, 0.5) is 13.2 Å². The van der Waals surface area contributed by atoms with Crippen LogP contribution in [0.3, 0.4) is 0 Å². The minimum absolute atomic E-state index is 0.0592. The van der Waals surface area contributed by atoms with Crippen molar-refractivity contribution in [3.8, 4) is 5.75 Å². The highest BCUT2D eigenvalue weighted by Crippen LogP contribution is 2.36. The normalized spacial score (nSPS) is 24.9. The Kier molecular flexibility index (Phi) is 9.34. The molecule has 3 fully saturated rings. The summed E-state index contributed by atoms with van der Waals surface area (Å²) in [6.07, 6.45) is -0.359. The van der Waals surface area contributed by atoms with Gasteiger partial charge in [-0.05, 0) is 74.2 Å². The van der Waals surface area contributed by atoms with Crippen molar-refractivity contribution in [3.63, 3.8) is 0 Å². The van der Waals surface area contributed by atoms with Crippen LogP contribution in [0.25, 0.3) is 0 Å². The number of aliphatic hydroxyl groups is 1. The molecule has 8 heteroatoms. The third kappa shape index (κ3) is 8.79. The highest BCUT2D eigenvalue weighted by molar-refractivity contribution is 5.29. The van der Waals surface area contributed by atoms with Crippen LogP contribution < -0.4 is 4.74 Å². The molecule has 3 aromatic rings. The number of epoxide rings is 1. The van der Waals surface area contributed by atoms with E-state index in [1.54, 1.807) is 0 Å². The predicted octanol–water partition coefficient (Wildman–Crippen LogP) is 6.16. The number of alkyl halides is 3. The van der Waals surface area contributed by atoms with Crippen molar-refractivity contribution in [2.45, 2.75) is 56.2 Å². The summed E-state index contributed by atoms with van der Waals surface area (Å²) >= 11 is 0. The van der Waals surface area contributed by atoms with Gasteiger partial charge in [0.15, 0.2) is 0 Å². The van der Waals surface area contributed by atoms with Crippen molar-refractivity contribution < 1.29 is 27.8 Å². The van der Waals surface area contributed by atoms with Gasteiger partial charge in [0.1, 0.15) is 23.6 Å². The summed E-state index contributed by atoms with van der Waals surface area (Å²) in [5, 5.41) is 10.8. The van der Waals surface area contributed by atoms with Crippen LogP contribution in [0.2, 0.25) is 0 Å². The molecule has 0 bridgehead atoms. The van der Waals surface area contributed by atoms with Crippen molar-refractivity contribution in [1.29, 1.82) is 0 Å². The van der Waals surface area contributed by atoms with E-state index in [4.69, 9.17) is 9.47 Å². The van der Waals surface area contributed by atoms with Crippen molar-refractivity contribution in [2.75, 3.05) is 39.4 Å². The van der Waals surface area contributed by atoms with Gasteiger partial charge in [0.2, 0.25) is 0 Å². The number of rotatable bonds is 7. The second-order valence-electron chi connectivity index (χ2n) is 11.6. The molecular formula is C33H39F3N2O3. The largest absolute Gasteiger partial charge is 0.491 e. The minimum atomic E-state index is -4.36. The van der Waals surface area contributed by atoms with E-state index in [9.17, 15) is 18.3 Å². The second kappa shape index (κ2) is 12.9. The molecule has 6 rings (SSSR count). The number of nitrogens with zero attached hydrogens (tertiary/aromatic N) is 2. The number of hydrogen-bond donors (Lipinski definition) is 1. The standard InChI is InChI=1S/C20H22F3NO2.C13H17NO/c21-20(22,23)17-7-9-18(10-8-17)26-15-19(25)11-4-12-24(14-19)13-16-5-2-1-3-6-16;1-2-5-12(6-3-1)9-14-8-4-7-13(10-14)11-15-13/h1-3,5-10,25H,4,11-15H2;1-3,5-6H,4,7-11H2. The lowest BCUT2D eigenvalue weighted by Gasteiger charge is -2.39. The van der Waals surface area contributed by atoms with Crippen molar-refractivity contribution in [2.24, 2.45) is 0 Å². The van der Waals surface area contributed by atoms with E-state index >= 15 is 0 Å². The first-order chi connectivity index (χ1) is 19.7. The molecule has 0 radical (unpaired) electrons. The van der Waals surface area contributed by atoms with Gasteiger partial charge in [0.05, 0.1) is 12.2 Å². The first-order valence-electron chi connectivity index (χ1n) is 14.4. The van der Waals surface area contributed by atoms with Gasteiger partial charge in [0, 0.05) is 26.2 Å². The fourth-order valence-corrected chi connectivity index (χ4v) is 5.76. The number of piperidine rings is 2. The van der Waals surface area contributed by atoms with Crippen LogP contribution in [0.1, 0.15) is 42.4 Å². The summed E-state index contributed by atoms with van der Waals surface area (Å²) in [6.45, 7) is 6.60. The van der Waals surface area contributed by atoms with Gasteiger partial charge in [0.25, 0.3) is 0 Å². The zero-order chi connectivity index (χ0) is 28.8. The van der Waals surface area contributed by atoms with Crippen molar-refractivity contribution in [1.82, 2.24) is 9.80 Å². The van der Waals surface area contributed by atoms with Crippen LogP contribution in [0, 0.1) is 0 Å². The van der Waals surface area contributed by atoms with Gasteiger partial charge in [-0.2, -0.15) is 13.2 Å². The van der Waals surface area contributed by atoms with Crippen LogP contribution in [0.5, 0.6) is 5.75 Å². The monoisotopic (exact) mass is 568 g/mol. The summed E-state index contributed by atoms with van der Waals surface area (Å²) in [7, 11) is 0. The highest BCUT2D eigenvalue weighted by atomic mass is 19.4. The lowest BCUT2D eigenvalue weighted by atomic mass is 9.93. The van der Waals surface area contributed by atoms with Crippen LogP contribution in [-0.2, 0) is 24.0 Å². The Morgan fingerprint density at radius 1 is 0.756 bits per heavy atom. The van der Waals surface area contributed by atoms with Gasteiger partial charge < -0.3 is 14.6 Å². The Morgan fingerprint density at radius 3 is 1.83 bits per heavy atom. The summed E-state index contributed by atoms with van der Waals surface area (Å²) in [5.74, 6) is 0.326. The summed E-state index contributed by atoms with van der Waals surface area (Å²) in [6, 6.07) is 25.3. The van der Waals surface area contributed by atoms with Gasteiger partial charge in [-0.1, -0.05) is 60.7 Å². The SMILES string of the molecule is OC1(COc2ccc(C(F)(F)F)cc2)CCCN(Cc2ccccc2)C1.c1ccc(CN2CCCC3(CO3)C2)cc1.